The fraction of sp³-hybridized carbons (Fsp3) is 0.588. The molecule has 1 aromatic carbocycles. The van der Waals surface area contributed by atoms with Gasteiger partial charge in [-0.1, -0.05) is 53.2 Å². The zero-order valence-corrected chi connectivity index (χ0v) is 14.5. The van der Waals surface area contributed by atoms with Gasteiger partial charge >= 0.3 is 0 Å². The molecule has 0 aliphatic carbocycles. The lowest BCUT2D eigenvalue weighted by molar-refractivity contribution is -0.127. The molecule has 5 atom stereocenters. The summed E-state index contributed by atoms with van der Waals surface area (Å²) in [5.41, 5.74) is 1.24. The van der Waals surface area contributed by atoms with E-state index in [2.05, 4.69) is 40.3 Å². The lowest BCUT2D eigenvalue weighted by Gasteiger charge is -2.22. The summed E-state index contributed by atoms with van der Waals surface area (Å²) in [4.78, 5) is 12.6. The third-order valence-corrected chi connectivity index (χ3v) is 5.18. The lowest BCUT2D eigenvalue weighted by Crippen LogP contribution is -2.44. The molecule has 3 nitrogen and oxygen atoms in total. The summed E-state index contributed by atoms with van der Waals surface area (Å²) >= 11 is 3.51. The van der Waals surface area contributed by atoms with Crippen molar-refractivity contribution in [3.63, 3.8) is 0 Å². The van der Waals surface area contributed by atoms with Crippen LogP contribution < -0.4 is 5.32 Å². The van der Waals surface area contributed by atoms with Gasteiger partial charge in [0.25, 0.3) is 0 Å². The zero-order valence-electron chi connectivity index (χ0n) is 12.9. The fourth-order valence-electron chi connectivity index (χ4n) is 3.06. The van der Waals surface area contributed by atoms with E-state index in [0.29, 0.717) is 0 Å². The molecule has 1 fully saturated rings. The highest BCUT2D eigenvalue weighted by Crippen LogP contribution is 2.32. The van der Waals surface area contributed by atoms with Gasteiger partial charge < -0.3 is 10.1 Å². The molecule has 0 bridgehead atoms. The van der Waals surface area contributed by atoms with Crippen molar-refractivity contribution in [3.8, 4) is 0 Å². The Morgan fingerprint density at radius 2 is 1.90 bits per heavy atom. The number of nitrogens with one attached hydrogen (secondary N) is 1. The van der Waals surface area contributed by atoms with Crippen LogP contribution in [0.4, 0.5) is 0 Å². The molecular formula is C17H24BrNO2. The highest BCUT2D eigenvalue weighted by Gasteiger charge is 2.41. The quantitative estimate of drug-likeness (QED) is 0.825. The van der Waals surface area contributed by atoms with E-state index in [1.807, 2.05) is 32.0 Å². The van der Waals surface area contributed by atoms with E-state index in [1.54, 1.807) is 0 Å². The third kappa shape index (κ3) is 4.07. The number of benzene rings is 1. The average Bonchev–Trinajstić information content (AvgIpc) is 2.72. The topological polar surface area (TPSA) is 38.3 Å². The van der Waals surface area contributed by atoms with E-state index in [1.165, 1.54) is 5.56 Å². The molecule has 1 amide bonds. The predicted octanol–water partition coefficient (Wildman–Crippen LogP) is 3.17. The number of alkyl halides is 1. The van der Waals surface area contributed by atoms with Crippen LogP contribution in [0.2, 0.25) is 0 Å². The molecule has 1 aliphatic rings. The number of amides is 1. The third-order valence-electron chi connectivity index (χ3n) is 4.40. The van der Waals surface area contributed by atoms with Crippen molar-refractivity contribution < 1.29 is 9.53 Å². The number of hydrogen-bond donors (Lipinski definition) is 1. The van der Waals surface area contributed by atoms with Crippen molar-refractivity contribution >= 4 is 21.8 Å². The molecule has 5 unspecified atom stereocenters. The van der Waals surface area contributed by atoms with Crippen molar-refractivity contribution in [2.24, 2.45) is 11.8 Å². The van der Waals surface area contributed by atoms with Gasteiger partial charge in [-0.05, 0) is 31.7 Å². The van der Waals surface area contributed by atoms with Crippen molar-refractivity contribution in [1.82, 2.24) is 5.32 Å². The molecule has 2 rings (SSSR count). The molecular weight excluding hydrogens is 330 g/mol. The van der Waals surface area contributed by atoms with Gasteiger partial charge in [-0.25, -0.2) is 0 Å². The molecule has 1 heterocycles. The minimum atomic E-state index is -0.0580. The van der Waals surface area contributed by atoms with Crippen LogP contribution in [0.3, 0.4) is 0 Å². The molecule has 1 saturated heterocycles. The van der Waals surface area contributed by atoms with Crippen LogP contribution in [0.15, 0.2) is 30.3 Å². The van der Waals surface area contributed by atoms with Gasteiger partial charge in [0, 0.05) is 11.4 Å². The predicted molar refractivity (Wildman–Crippen MR) is 88.5 cm³/mol. The SMILES string of the molecule is CC1OC(C)C(C(=O)NC(CBr)Cc2ccccc2)C1C. The molecule has 21 heavy (non-hydrogen) atoms. The number of carbonyl (C=O) groups is 1. The van der Waals surface area contributed by atoms with Crippen LogP contribution >= 0.6 is 15.9 Å². The largest absolute Gasteiger partial charge is 0.374 e. The Kier molecular flexibility index (Phi) is 5.82. The maximum atomic E-state index is 12.6. The summed E-state index contributed by atoms with van der Waals surface area (Å²) in [7, 11) is 0. The van der Waals surface area contributed by atoms with Crippen LogP contribution in [0.5, 0.6) is 0 Å². The lowest BCUT2D eigenvalue weighted by atomic mass is 9.88. The molecule has 4 heteroatoms. The average molecular weight is 354 g/mol. The Labute approximate surface area is 135 Å². The van der Waals surface area contributed by atoms with E-state index in [9.17, 15) is 4.79 Å². The second-order valence-corrected chi connectivity index (χ2v) is 6.63. The Hall–Kier alpha value is -0.870. The first kappa shape index (κ1) is 16.5. The van der Waals surface area contributed by atoms with E-state index in [0.717, 1.165) is 11.8 Å². The smallest absolute Gasteiger partial charge is 0.226 e. The van der Waals surface area contributed by atoms with Gasteiger partial charge in [-0.3, -0.25) is 4.79 Å². The van der Waals surface area contributed by atoms with Crippen molar-refractivity contribution in [1.29, 1.82) is 0 Å². The monoisotopic (exact) mass is 353 g/mol. The van der Waals surface area contributed by atoms with Gasteiger partial charge in [0.1, 0.15) is 0 Å². The van der Waals surface area contributed by atoms with Crippen molar-refractivity contribution in [2.45, 2.75) is 45.4 Å². The molecule has 0 aromatic heterocycles. The highest BCUT2D eigenvalue weighted by molar-refractivity contribution is 9.09. The van der Waals surface area contributed by atoms with Crippen molar-refractivity contribution in [3.05, 3.63) is 35.9 Å². The van der Waals surface area contributed by atoms with E-state index < -0.39 is 0 Å². The minimum absolute atomic E-state index is 0.0114. The molecule has 1 aliphatic heterocycles. The van der Waals surface area contributed by atoms with E-state index in [-0.39, 0.29) is 36.0 Å². The summed E-state index contributed by atoms with van der Waals surface area (Å²) in [5, 5.41) is 3.92. The Morgan fingerprint density at radius 3 is 2.43 bits per heavy atom. The molecule has 1 N–H and O–H groups in total. The fourth-order valence-corrected chi connectivity index (χ4v) is 3.45. The first-order valence-electron chi connectivity index (χ1n) is 7.58. The summed E-state index contributed by atoms with van der Waals surface area (Å²) in [6.07, 6.45) is 0.971. The number of hydrogen-bond acceptors (Lipinski definition) is 2. The van der Waals surface area contributed by atoms with Crippen LogP contribution in [0.1, 0.15) is 26.3 Å². The van der Waals surface area contributed by atoms with Crippen LogP contribution in [-0.4, -0.2) is 29.5 Å². The number of ether oxygens (including phenoxy) is 1. The van der Waals surface area contributed by atoms with Crippen LogP contribution in [0, 0.1) is 11.8 Å². The van der Waals surface area contributed by atoms with Gasteiger partial charge in [0.05, 0.1) is 18.1 Å². The molecule has 0 radical (unpaired) electrons. The van der Waals surface area contributed by atoms with E-state index in [4.69, 9.17) is 4.74 Å². The second-order valence-electron chi connectivity index (χ2n) is 5.98. The molecule has 1 aromatic rings. The van der Waals surface area contributed by atoms with Crippen LogP contribution in [-0.2, 0) is 16.0 Å². The molecule has 0 saturated carbocycles. The van der Waals surface area contributed by atoms with Crippen molar-refractivity contribution in [2.75, 3.05) is 5.33 Å². The minimum Gasteiger partial charge on any atom is -0.374 e. The Bertz CT molecular complexity index is 465. The normalized spacial score (nSPS) is 30.1. The number of carbonyl (C=O) groups excluding carboxylic acids is 1. The second kappa shape index (κ2) is 7.41. The maximum absolute atomic E-state index is 12.6. The Balaban J connectivity index is 1.97. The highest BCUT2D eigenvalue weighted by atomic mass is 79.9. The maximum Gasteiger partial charge on any atom is 0.226 e. The summed E-state index contributed by atoms with van der Waals surface area (Å²) in [6, 6.07) is 10.3. The van der Waals surface area contributed by atoms with E-state index >= 15 is 0 Å². The van der Waals surface area contributed by atoms with Crippen LogP contribution in [0.25, 0.3) is 0 Å². The summed E-state index contributed by atoms with van der Waals surface area (Å²) in [5.74, 6) is 0.310. The first-order chi connectivity index (χ1) is 10.0. The van der Waals surface area contributed by atoms with Gasteiger partial charge in [0.15, 0.2) is 0 Å². The first-order valence-corrected chi connectivity index (χ1v) is 8.70. The van der Waals surface area contributed by atoms with Gasteiger partial charge in [0.2, 0.25) is 5.91 Å². The Morgan fingerprint density at radius 1 is 1.24 bits per heavy atom. The van der Waals surface area contributed by atoms with Gasteiger partial charge in [-0.15, -0.1) is 0 Å². The molecule has 116 valence electrons. The summed E-state index contributed by atoms with van der Waals surface area (Å²) < 4.78 is 5.77. The summed E-state index contributed by atoms with van der Waals surface area (Å²) in [6.45, 7) is 6.13. The standard InChI is InChI=1S/C17H24BrNO2/c1-11-12(2)21-13(3)16(11)17(20)19-15(10-18)9-14-7-5-4-6-8-14/h4-8,11-13,15-16H,9-10H2,1-3H3,(H,19,20). The number of rotatable bonds is 5. The van der Waals surface area contributed by atoms with Gasteiger partial charge in [-0.2, -0.15) is 0 Å². The zero-order chi connectivity index (χ0) is 15.4. The number of halogens is 1. The molecule has 0 spiro atoms.